The molecule has 0 saturated heterocycles. The molecular formula is C10H12BrFO3S. The van der Waals surface area contributed by atoms with Crippen LogP contribution in [0, 0.1) is 5.82 Å². The number of rotatable bonds is 5. The van der Waals surface area contributed by atoms with Gasteiger partial charge in [-0.25, -0.2) is 12.8 Å². The predicted octanol–water partition coefficient (Wildman–Crippen LogP) is 2.14. The highest BCUT2D eigenvalue weighted by Crippen LogP contribution is 2.24. The Balaban J connectivity index is 2.73. The average molecular weight is 311 g/mol. The number of sulfone groups is 1. The molecule has 1 rings (SSSR count). The molecule has 1 aromatic rings. The smallest absolute Gasteiger partial charge is 0.165 e. The third kappa shape index (κ3) is 4.09. The highest BCUT2D eigenvalue weighted by molar-refractivity contribution is 9.08. The molecule has 0 amide bonds. The van der Waals surface area contributed by atoms with Gasteiger partial charge in [0.25, 0.3) is 0 Å². The van der Waals surface area contributed by atoms with Crippen molar-refractivity contribution in [1.82, 2.24) is 0 Å². The molecular weight excluding hydrogens is 299 g/mol. The average Bonchev–Trinajstić information content (AvgIpc) is 2.18. The Hall–Kier alpha value is -0.620. The van der Waals surface area contributed by atoms with Gasteiger partial charge in [-0.3, -0.25) is 0 Å². The minimum absolute atomic E-state index is 0.0419. The van der Waals surface area contributed by atoms with E-state index in [1.54, 1.807) is 12.1 Å². The molecule has 0 aliphatic carbocycles. The van der Waals surface area contributed by atoms with Crippen LogP contribution >= 0.6 is 15.9 Å². The Labute approximate surface area is 103 Å². The van der Waals surface area contributed by atoms with E-state index in [1.165, 1.54) is 6.07 Å². The Morgan fingerprint density at radius 1 is 1.44 bits per heavy atom. The molecule has 1 aromatic carbocycles. The zero-order chi connectivity index (χ0) is 12.2. The van der Waals surface area contributed by atoms with Crippen LogP contribution in [0.2, 0.25) is 0 Å². The van der Waals surface area contributed by atoms with Crippen LogP contribution in [0.5, 0.6) is 5.75 Å². The van der Waals surface area contributed by atoms with Crippen molar-refractivity contribution in [2.45, 2.75) is 5.33 Å². The largest absolute Gasteiger partial charge is 0.489 e. The predicted molar refractivity (Wildman–Crippen MR) is 64.2 cm³/mol. The van der Waals surface area contributed by atoms with E-state index >= 15 is 0 Å². The van der Waals surface area contributed by atoms with Crippen LogP contribution in [-0.4, -0.2) is 27.0 Å². The second-order valence-electron chi connectivity index (χ2n) is 3.34. The molecule has 0 radical (unpaired) electrons. The van der Waals surface area contributed by atoms with E-state index in [0.717, 1.165) is 6.26 Å². The standard InChI is InChI=1S/C10H12BrFO3S/c1-16(13,14)6-5-15-10-8(7-11)3-2-4-9(10)12/h2-4H,5-7H2,1H3. The number of benzene rings is 1. The van der Waals surface area contributed by atoms with Gasteiger partial charge in [0.05, 0.1) is 5.75 Å². The SMILES string of the molecule is CS(=O)(=O)CCOc1c(F)cccc1CBr. The quantitative estimate of drug-likeness (QED) is 0.783. The molecule has 0 N–H and O–H groups in total. The fraction of sp³-hybridized carbons (Fsp3) is 0.400. The summed E-state index contributed by atoms with van der Waals surface area (Å²) in [5.74, 6) is -0.489. The highest BCUT2D eigenvalue weighted by Gasteiger charge is 2.10. The maximum absolute atomic E-state index is 13.4. The van der Waals surface area contributed by atoms with Crippen LogP contribution in [0.25, 0.3) is 0 Å². The Morgan fingerprint density at radius 3 is 2.69 bits per heavy atom. The van der Waals surface area contributed by atoms with E-state index in [0.29, 0.717) is 10.9 Å². The molecule has 0 aliphatic heterocycles. The number of hydrogen-bond acceptors (Lipinski definition) is 3. The van der Waals surface area contributed by atoms with Crippen molar-refractivity contribution in [2.24, 2.45) is 0 Å². The minimum Gasteiger partial charge on any atom is -0.489 e. The number of ether oxygens (including phenoxy) is 1. The molecule has 16 heavy (non-hydrogen) atoms. The summed E-state index contributed by atoms with van der Waals surface area (Å²) >= 11 is 3.21. The molecule has 0 aliphatic rings. The molecule has 6 heteroatoms. The molecule has 0 heterocycles. The lowest BCUT2D eigenvalue weighted by molar-refractivity contribution is 0.320. The van der Waals surface area contributed by atoms with Crippen molar-refractivity contribution in [3.8, 4) is 5.75 Å². The van der Waals surface area contributed by atoms with Gasteiger partial charge in [0.1, 0.15) is 6.61 Å². The Bertz CT molecular complexity index is 459. The molecule has 0 saturated carbocycles. The summed E-state index contributed by atoms with van der Waals surface area (Å²) in [7, 11) is -3.09. The van der Waals surface area contributed by atoms with Crippen molar-refractivity contribution in [2.75, 3.05) is 18.6 Å². The normalized spacial score (nSPS) is 11.4. The molecule has 0 atom stereocenters. The van der Waals surface area contributed by atoms with Gasteiger partial charge in [0.15, 0.2) is 21.4 Å². The van der Waals surface area contributed by atoms with Gasteiger partial charge in [-0.2, -0.15) is 0 Å². The van der Waals surface area contributed by atoms with Crippen molar-refractivity contribution in [1.29, 1.82) is 0 Å². The van der Waals surface area contributed by atoms with Crippen LogP contribution in [0.3, 0.4) is 0 Å². The second-order valence-corrected chi connectivity index (χ2v) is 6.16. The minimum atomic E-state index is -3.09. The summed E-state index contributed by atoms with van der Waals surface area (Å²) < 4.78 is 40.3. The molecule has 3 nitrogen and oxygen atoms in total. The van der Waals surface area contributed by atoms with Gasteiger partial charge in [0.2, 0.25) is 0 Å². The van der Waals surface area contributed by atoms with Crippen molar-refractivity contribution < 1.29 is 17.5 Å². The second kappa shape index (κ2) is 5.63. The van der Waals surface area contributed by atoms with Gasteiger partial charge < -0.3 is 4.74 Å². The first-order valence-corrected chi connectivity index (χ1v) is 7.76. The van der Waals surface area contributed by atoms with Crippen molar-refractivity contribution in [3.63, 3.8) is 0 Å². The van der Waals surface area contributed by atoms with Gasteiger partial charge in [-0.05, 0) is 6.07 Å². The van der Waals surface area contributed by atoms with Crippen molar-refractivity contribution in [3.05, 3.63) is 29.6 Å². The van der Waals surface area contributed by atoms with Crippen LogP contribution in [-0.2, 0) is 15.2 Å². The first-order chi connectivity index (χ1) is 7.44. The topological polar surface area (TPSA) is 43.4 Å². The fourth-order valence-electron chi connectivity index (χ4n) is 1.12. The van der Waals surface area contributed by atoms with E-state index in [1.807, 2.05) is 0 Å². The van der Waals surface area contributed by atoms with Gasteiger partial charge in [-0.15, -0.1) is 0 Å². The Kier molecular flexibility index (Phi) is 4.73. The van der Waals surface area contributed by atoms with Gasteiger partial charge in [0, 0.05) is 17.1 Å². The summed E-state index contributed by atoms with van der Waals surface area (Å²) in [4.78, 5) is 0. The monoisotopic (exact) mass is 310 g/mol. The third-order valence-corrected chi connectivity index (χ3v) is 3.41. The lowest BCUT2D eigenvalue weighted by Gasteiger charge is -2.10. The van der Waals surface area contributed by atoms with E-state index < -0.39 is 15.7 Å². The molecule has 90 valence electrons. The number of alkyl halides is 1. The summed E-state index contributed by atoms with van der Waals surface area (Å²) in [6.07, 6.45) is 1.11. The molecule has 0 unspecified atom stereocenters. The fourth-order valence-corrected chi connectivity index (χ4v) is 1.94. The molecule has 0 fully saturated rings. The van der Waals surface area contributed by atoms with Crippen LogP contribution in [0.15, 0.2) is 18.2 Å². The zero-order valence-electron chi connectivity index (χ0n) is 8.74. The van der Waals surface area contributed by atoms with E-state index in [2.05, 4.69) is 15.9 Å². The molecule has 0 aromatic heterocycles. The summed E-state index contributed by atoms with van der Waals surface area (Å²) in [6.45, 7) is -0.0419. The number of hydrogen-bond donors (Lipinski definition) is 0. The Morgan fingerprint density at radius 2 is 2.12 bits per heavy atom. The number of halogens is 2. The van der Waals surface area contributed by atoms with Gasteiger partial charge >= 0.3 is 0 Å². The lowest BCUT2D eigenvalue weighted by Crippen LogP contribution is -2.13. The molecule has 0 spiro atoms. The lowest BCUT2D eigenvalue weighted by atomic mass is 10.2. The zero-order valence-corrected chi connectivity index (χ0v) is 11.1. The van der Waals surface area contributed by atoms with Gasteiger partial charge in [-0.1, -0.05) is 28.1 Å². The number of para-hydroxylation sites is 1. The van der Waals surface area contributed by atoms with E-state index in [-0.39, 0.29) is 18.1 Å². The first-order valence-electron chi connectivity index (χ1n) is 4.58. The summed E-state index contributed by atoms with van der Waals surface area (Å²) in [5, 5.41) is 0.457. The maximum Gasteiger partial charge on any atom is 0.165 e. The van der Waals surface area contributed by atoms with Crippen molar-refractivity contribution >= 4 is 25.8 Å². The van der Waals surface area contributed by atoms with Crippen LogP contribution in [0.4, 0.5) is 4.39 Å². The highest BCUT2D eigenvalue weighted by atomic mass is 79.9. The summed E-state index contributed by atoms with van der Waals surface area (Å²) in [6, 6.07) is 4.57. The third-order valence-electron chi connectivity index (χ3n) is 1.89. The van der Waals surface area contributed by atoms with E-state index in [9.17, 15) is 12.8 Å². The first kappa shape index (κ1) is 13.4. The maximum atomic E-state index is 13.4. The van der Waals surface area contributed by atoms with Crippen LogP contribution < -0.4 is 4.74 Å². The summed E-state index contributed by atoms with van der Waals surface area (Å²) in [5.41, 5.74) is 0.661. The molecule has 0 bridgehead atoms. The van der Waals surface area contributed by atoms with E-state index in [4.69, 9.17) is 4.74 Å². The van der Waals surface area contributed by atoms with Crippen LogP contribution in [0.1, 0.15) is 5.56 Å².